The predicted molar refractivity (Wildman–Crippen MR) is 134 cm³/mol. The fraction of sp³-hybridized carbons (Fsp3) is 0.269. The molecule has 2 aliphatic heterocycles. The van der Waals surface area contributed by atoms with Crippen LogP contribution in [0.5, 0.6) is 11.5 Å². The molecule has 0 unspecified atom stereocenters. The smallest absolute Gasteiger partial charge is 0.264 e. The fourth-order valence-corrected chi connectivity index (χ4v) is 5.81. The Morgan fingerprint density at radius 2 is 1.59 bits per heavy atom. The van der Waals surface area contributed by atoms with Crippen LogP contribution in [0.2, 0.25) is 0 Å². The maximum absolute atomic E-state index is 14.2. The number of nitrogens with zero attached hydrogens (tertiary/aromatic N) is 3. The van der Waals surface area contributed by atoms with E-state index in [9.17, 15) is 22.0 Å². The van der Waals surface area contributed by atoms with Crippen molar-refractivity contribution in [3.05, 3.63) is 78.4 Å². The second-order valence-corrected chi connectivity index (χ2v) is 10.5. The molecule has 1 saturated heterocycles. The van der Waals surface area contributed by atoms with Gasteiger partial charge in [-0.25, -0.2) is 17.2 Å². The van der Waals surface area contributed by atoms with Gasteiger partial charge in [0.05, 0.1) is 16.3 Å². The first-order valence-electron chi connectivity index (χ1n) is 11.8. The second-order valence-electron chi connectivity index (χ2n) is 8.62. The number of piperazine rings is 1. The van der Waals surface area contributed by atoms with E-state index in [0.29, 0.717) is 31.1 Å². The predicted octanol–water partition coefficient (Wildman–Crippen LogP) is 3.28. The Hall–Kier alpha value is -3.86. The lowest BCUT2D eigenvalue weighted by atomic mass is 10.2. The Balaban J connectivity index is 1.38. The molecule has 37 heavy (non-hydrogen) atoms. The van der Waals surface area contributed by atoms with Crippen molar-refractivity contribution in [3.63, 3.8) is 0 Å². The lowest BCUT2D eigenvalue weighted by Crippen LogP contribution is -2.52. The minimum Gasteiger partial charge on any atom is -0.486 e. The number of hydrogen-bond acceptors (Lipinski definition) is 6. The zero-order valence-electron chi connectivity index (χ0n) is 19.8. The quantitative estimate of drug-likeness (QED) is 0.488. The van der Waals surface area contributed by atoms with Crippen molar-refractivity contribution >= 4 is 27.3 Å². The highest BCUT2D eigenvalue weighted by Crippen LogP contribution is 2.34. The van der Waals surface area contributed by atoms with Gasteiger partial charge >= 0.3 is 0 Å². The van der Waals surface area contributed by atoms with Crippen LogP contribution in [0.15, 0.2) is 71.6 Å². The fourth-order valence-electron chi connectivity index (χ4n) is 4.39. The van der Waals surface area contributed by atoms with Gasteiger partial charge in [0.15, 0.2) is 11.5 Å². The molecule has 0 radical (unpaired) electrons. The molecular weight excluding hydrogens is 504 g/mol. The van der Waals surface area contributed by atoms with Gasteiger partial charge in [0.25, 0.3) is 10.0 Å². The summed E-state index contributed by atoms with van der Waals surface area (Å²) in [5, 5.41) is 0. The molecule has 11 heteroatoms. The number of carbonyl (C=O) groups excluding carboxylic acids is 1. The standard InChI is InChI=1S/C26H25F2N3O5S/c27-19-4-3-5-20(16-19)31(37(33,34)21-8-9-24-25(17-21)36-15-14-35-24)18-26(32)30-12-10-29(11-13-30)23-7-2-1-6-22(23)28/h1-9,16-17H,10-15,18H2. The largest absolute Gasteiger partial charge is 0.486 e. The summed E-state index contributed by atoms with van der Waals surface area (Å²) >= 11 is 0. The van der Waals surface area contributed by atoms with E-state index in [1.54, 1.807) is 18.2 Å². The summed E-state index contributed by atoms with van der Waals surface area (Å²) in [5.41, 5.74) is 0.477. The van der Waals surface area contributed by atoms with Crippen LogP contribution < -0.4 is 18.7 Å². The molecule has 0 aromatic heterocycles. The molecule has 0 N–H and O–H groups in total. The molecule has 2 heterocycles. The maximum Gasteiger partial charge on any atom is 0.264 e. The van der Waals surface area contributed by atoms with Gasteiger partial charge in [-0.1, -0.05) is 18.2 Å². The molecule has 0 aliphatic carbocycles. The molecule has 0 saturated carbocycles. The number of rotatable bonds is 6. The summed E-state index contributed by atoms with van der Waals surface area (Å²) < 4.78 is 67.6. The number of hydrogen-bond donors (Lipinski definition) is 0. The first-order valence-corrected chi connectivity index (χ1v) is 13.2. The summed E-state index contributed by atoms with van der Waals surface area (Å²) in [4.78, 5) is 16.5. The Morgan fingerprint density at radius 1 is 0.865 bits per heavy atom. The van der Waals surface area contributed by atoms with Crippen molar-refractivity contribution in [1.82, 2.24) is 4.90 Å². The molecule has 194 valence electrons. The number of ether oxygens (including phenoxy) is 2. The SMILES string of the molecule is O=C(CN(c1cccc(F)c1)S(=O)(=O)c1ccc2c(c1)OCCO2)N1CCN(c2ccccc2F)CC1. The van der Waals surface area contributed by atoms with Crippen LogP contribution in [-0.2, 0) is 14.8 Å². The minimum absolute atomic E-state index is 0.0215. The second kappa shape index (κ2) is 10.3. The topological polar surface area (TPSA) is 79.4 Å². The first-order chi connectivity index (χ1) is 17.8. The summed E-state index contributed by atoms with van der Waals surface area (Å²) in [5.74, 6) is -0.720. The maximum atomic E-state index is 14.2. The van der Waals surface area contributed by atoms with Crippen molar-refractivity contribution in [2.24, 2.45) is 0 Å². The van der Waals surface area contributed by atoms with E-state index in [1.807, 2.05) is 4.90 Å². The van der Waals surface area contributed by atoms with Gasteiger partial charge in [-0.3, -0.25) is 9.10 Å². The molecule has 1 fully saturated rings. The van der Waals surface area contributed by atoms with E-state index in [-0.39, 0.29) is 41.8 Å². The van der Waals surface area contributed by atoms with Gasteiger partial charge < -0.3 is 19.3 Å². The van der Waals surface area contributed by atoms with Crippen molar-refractivity contribution in [2.45, 2.75) is 4.90 Å². The van der Waals surface area contributed by atoms with Crippen LogP contribution in [0.4, 0.5) is 20.2 Å². The van der Waals surface area contributed by atoms with Gasteiger partial charge in [-0.05, 0) is 42.5 Å². The van der Waals surface area contributed by atoms with E-state index in [0.717, 1.165) is 10.4 Å². The van der Waals surface area contributed by atoms with E-state index in [4.69, 9.17) is 9.47 Å². The van der Waals surface area contributed by atoms with Gasteiger partial charge in [-0.2, -0.15) is 0 Å². The molecule has 0 bridgehead atoms. The number of sulfonamides is 1. The summed E-state index contributed by atoms with van der Waals surface area (Å²) in [6.07, 6.45) is 0. The van der Waals surface area contributed by atoms with Crippen molar-refractivity contribution in [1.29, 1.82) is 0 Å². The monoisotopic (exact) mass is 529 g/mol. The Labute approximate surface area is 213 Å². The highest BCUT2D eigenvalue weighted by molar-refractivity contribution is 7.92. The Kier molecular flexibility index (Phi) is 6.88. The number of para-hydroxylation sites is 1. The lowest BCUT2D eigenvalue weighted by Gasteiger charge is -2.37. The van der Waals surface area contributed by atoms with Gasteiger partial charge in [0, 0.05) is 32.2 Å². The molecule has 3 aromatic rings. The normalized spacial score (nSPS) is 15.4. The molecule has 5 rings (SSSR count). The van der Waals surface area contributed by atoms with Gasteiger partial charge in [0.2, 0.25) is 5.91 Å². The van der Waals surface area contributed by atoms with E-state index >= 15 is 0 Å². The van der Waals surface area contributed by atoms with E-state index < -0.39 is 28.3 Å². The highest BCUT2D eigenvalue weighted by Gasteiger charge is 2.32. The number of amides is 1. The molecule has 1 amide bonds. The third kappa shape index (κ3) is 5.17. The van der Waals surface area contributed by atoms with Crippen LogP contribution in [-0.4, -0.2) is 65.2 Å². The summed E-state index contributed by atoms with van der Waals surface area (Å²) in [6.45, 7) is 1.46. The number of halogens is 2. The van der Waals surface area contributed by atoms with E-state index in [2.05, 4.69) is 0 Å². The van der Waals surface area contributed by atoms with Crippen molar-refractivity contribution in [2.75, 3.05) is 55.1 Å². The minimum atomic E-state index is -4.27. The summed E-state index contributed by atoms with van der Waals surface area (Å²) in [7, 11) is -4.27. The van der Waals surface area contributed by atoms with Crippen molar-refractivity contribution in [3.8, 4) is 11.5 Å². The van der Waals surface area contributed by atoms with Crippen LogP contribution in [0.1, 0.15) is 0 Å². The molecule has 2 aliphatic rings. The number of benzene rings is 3. The Morgan fingerprint density at radius 3 is 2.32 bits per heavy atom. The lowest BCUT2D eigenvalue weighted by molar-refractivity contribution is -0.129. The molecule has 0 atom stereocenters. The Bertz CT molecular complexity index is 1410. The molecule has 3 aromatic carbocycles. The van der Waals surface area contributed by atoms with Crippen LogP contribution >= 0.6 is 0 Å². The zero-order chi connectivity index (χ0) is 26.0. The first kappa shape index (κ1) is 24.8. The molecular formula is C26H25F2N3O5S. The zero-order valence-corrected chi connectivity index (χ0v) is 20.7. The summed E-state index contributed by atoms with van der Waals surface area (Å²) in [6, 6.07) is 15.7. The highest BCUT2D eigenvalue weighted by atomic mass is 32.2. The third-order valence-electron chi connectivity index (χ3n) is 6.30. The average Bonchev–Trinajstić information content (AvgIpc) is 2.91. The molecule has 0 spiro atoms. The van der Waals surface area contributed by atoms with E-state index in [1.165, 1.54) is 47.4 Å². The van der Waals surface area contributed by atoms with Crippen LogP contribution in [0.25, 0.3) is 0 Å². The van der Waals surface area contributed by atoms with Crippen LogP contribution in [0, 0.1) is 11.6 Å². The van der Waals surface area contributed by atoms with Crippen LogP contribution in [0.3, 0.4) is 0 Å². The third-order valence-corrected chi connectivity index (χ3v) is 8.07. The average molecular weight is 530 g/mol. The van der Waals surface area contributed by atoms with Gasteiger partial charge in [-0.15, -0.1) is 0 Å². The van der Waals surface area contributed by atoms with Crippen molar-refractivity contribution < 1.29 is 31.5 Å². The number of anilines is 2. The number of fused-ring (bicyclic) bond motifs is 1. The molecule has 8 nitrogen and oxygen atoms in total. The number of carbonyl (C=O) groups is 1. The van der Waals surface area contributed by atoms with Gasteiger partial charge in [0.1, 0.15) is 31.4 Å².